The normalized spacial score (nSPS) is 27.4. The minimum Gasteiger partial charge on any atom is -0.390 e. The SMILES string of the molecule is CCN(CCC(C)(C)O)C1CCC(N)CC1. The van der Waals surface area contributed by atoms with Gasteiger partial charge in [0.05, 0.1) is 5.60 Å². The minimum absolute atomic E-state index is 0.421. The maximum absolute atomic E-state index is 9.76. The van der Waals surface area contributed by atoms with Crippen molar-refractivity contribution in [2.45, 2.75) is 70.6 Å². The number of nitrogens with two attached hydrogens (primary N) is 1. The molecule has 0 aromatic carbocycles. The average Bonchev–Trinajstić information content (AvgIpc) is 2.20. The van der Waals surface area contributed by atoms with Crippen LogP contribution in [0.5, 0.6) is 0 Å². The van der Waals surface area contributed by atoms with Gasteiger partial charge in [-0.05, 0) is 52.5 Å². The molecule has 3 N–H and O–H groups in total. The summed E-state index contributed by atoms with van der Waals surface area (Å²) < 4.78 is 0. The zero-order valence-electron chi connectivity index (χ0n) is 11.1. The second kappa shape index (κ2) is 5.99. The highest BCUT2D eigenvalue weighted by atomic mass is 16.3. The minimum atomic E-state index is -0.543. The van der Waals surface area contributed by atoms with E-state index in [1.165, 1.54) is 12.8 Å². The van der Waals surface area contributed by atoms with Crippen molar-refractivity contribution < 1.29 is 5.11 Å². The predicted molar refractivity (Wildman–Crippen MR) is 68.4 cm³/mol. The van der Waals surface area contributed by atoms with Gasteiger partial charge in [0.15, 0.2) is 0 Å². The Morgan fingerprint density at radius 1 is 1.25 bits per heavy atom. The predicted octanol–water partition coefficient (Wildman–Crippen LogP) is 1.74. The molecule has 0 bridgehead atoms. The van der Waals surface area contributed by atoms with Crippen molar-refractivity contribution in [1.82, 2.24) is 4.90 Å². The number of rotatable bonds is 5. The lowest BCUT2D eigenvalue weighted by Crippen LogP contribution is -2.42. The van der Waals surface area contributed by atoms with E-state index in [0.29, 0.717) is 12.1 Å². The van der Waals surface area contributed by atoms with E-state index in [0.717, 1.165) is 32.4 Å². The van der Waals surface area contributed by atoms with Gasteiger partial charge in [-0.2, -0.15) is 0 Å². The molecular formula is C13H28N2O. The molecule has 96 valence electrons. The topological polar surface area (TPSA) is 49.5 Å². The third kappa shape index (κ3) is 4.81. The van der Waals surface area contributed by atoms with Gasteiger partial charge < -0.3 is 15.7 Å². The van der Waals surface area contributed by atoms with E-state index >= 15 is 0 Å². The summed E-state index contributed by atoms with van der Waals surface area (Å²) in [5.74, 6) is 0. The molecule has 0 aliphatic heterocycles. The fraction of sp³-hybridized carbons (Fsp3) is 1.00. The van der Waals surface area contributed by atoms with E-state index in [9.17, 15) is 5.11 Å². The summed E-state index contributed by atoms with van der Waals surface area (Å²) in [6.07, 6.45) is 5.61. The van der Waals surface area contributed by atoms with Gasteiger partial charge in [-0.25, -0.2) is 0 Å². The molecule has 0 unspecified atom stereocenters. The molecule has 0 heterocycles. The Morgan fingerprint density at radius 2 is 1.81 bits per heavy atom. The maximum atomic E-state index is 9.76. The Balaban J connectivity index is 2.36. The lowest BCUT2D eigenvalue weighted by molar-refractivity contribution is 0.0472. The van der Waals surface area contributed by atoms with Crippen LogP contribution in [0, 0.1) is 0 Å². The van der Waals surface area contributed by atoms with Crippen molar-refractivity contribution in [1.29, 1.82) is 0 Å². The molecule has 0 amide bonds. The standard InChI is InChI=1S/C13H28N2O/c1-4-15(10-9-13(2,3)16)12-7-5-11(14)6-8-12/h11-12,16H,4-10,14H2,1-3H3. The average molecular weight is 228 g/mol. The summed E-state index contributed by atoms with van der Waals surface area (Å²) in [5.41, 5.74) is 5.38. The Kier molecular flexibility index (Phi) is 5.22. The van der Waals surface area contributed by atoms with Gasteiger partial charge in [0.2, 0.25) is 0 Å². The van der Waals surface area contributed by atoms with Crippen LogP contribution in [-0.4, -0.2) is 40.8 Å². The molecule has 0 spiro atoms. The third-order valence-corrected chi connectivity index (χ3v) is 3.67. The highest BCUT2D eigenvalue weighted by molar-refractivity contribution is 4.81. The molecular weight excluding hydrogens is 200 g/mol. The number of nitrogens with zero attached hydrogens (tertiary/aromatic N) is 1. The first kappa shape index (κ1) is 13.9. The van der Waals surface area contributed by atoms with Crippen LogP contribution >= 0.6 is 0 Å². The van der Waals surface area contributed by atoms with Crippen molar-refractivity contribution in [2.24, 2.45) is 5.73 Å². The van der Waals surface area contributed by atoms with Gasteiger partial charge in [-0.15, -0.1) is 0 Å². The molecule has 0 aromatic rings. The van der Waals surface area contributed by atoms with Gasteiger partial charge in [0.1, 0.15) is 0 Å². The van der Waals surface area contributed by atoms with Crippen LogP contribution in [-0.2, 0) is 0 Å². The Morgan fingerprint density at radius 3 is 2.25 bits per heavy atom. The first-order chi connectivity index (χ1) is 7.42. The Hall–Kier alpha value is -0.120. The quantitative estimate of drug-likeness (QED) is 0.753. The molecule has 1 aliphatic rings. The van der Waals surface area contributed by atoms with Crippen molar-refractivity contribution >= 4 is 0 Å². The van der Waals surface area contributed by atoms with Crippen LogP contribution in [0.4, 0.5) is 0 Å². The number of hydrogen-bond acceptors (Lipinski definition) is 3. The van der Waals surface area contributed by atoms with Crippen molar-refractivity contribution in [3.05, 3.63) is 0 Å². The Bertz CT molecular complexity index is 193. The van der Waals surface area contributed by atoms with E-state index < -0.39 is 5.60 Å². The van der Waals surface area contributed by atoms with Crippen LogP contribution in [0.2, 0.25) is 0 Å². The van der Waals surface area contributed by atoms with Crippen molar-refractivity contribution in [2.75, 3.05) is 13.1 Å². The molecule has 16 heavy (non-hydrogen) atoms. The smallest absolute Gasteiger partial charge is 0.0603 e. The molecule has 3 heteroatoms. The molecule has 1 saturated carbocycles. The lowest BCUT2D eigenvalue weighted by Gasteiger charge is -2.36. The summed E-state index contributed by atoms with van der Waals surface area (Å²) in [4.78, 5) is 2.50. The Labute approximate surface area is 100 Å². The molecule has 0 aromatic heterocycles. The molecule has 0 atom stereocenters. The second-order valence-corrected chi connectivity index (χ2v) is 5.76. The van der Waals surface area contributed by atoms with Gasteiger partial charge >= 0.3 is 0 Å². The summed E-state index contributed by atoms with van der Waals surface area (Å²) in [5, 5.41) is 9.76. The number of aliphatic hydroxyl groups is 1. The highest BCUT2D eigenvalue weighted by Gasteiger charge is 2.24. The zero-order valence-corrected chi connectivity index (χ0v) is 11.1. The lowest BCUT2D eigenvalue weighted by atomic mass is 9.90. The van der Waals surface area contributed by atoms with Gasteiger partial charge in [0.25, 0.3) is 0 Å². The van der Waals surface area contributed by atoms with E-state index in [1.54, 1.807) is 0 Å². The van der Waals surface area contributed by atoms with Crippen LogP contribution in [0.15, 0.2) is 0 Å². The summed E-state index contributed by atoms with van der Waals surface area (Å²) in [6, 6.07) is 1.11. The monoisotopic (exact) mass is 228 g/mol. The molecule has 1 rings (SSSR count). The van der Waals surface area contributed by atoms with Gasteiger partial charge in [-0.3, -0.25) is 0 Å². The molecule has 1 aliphatic carbocycles. The molecule has 3 nitrogen and oxygen atoms in total. The van der Waals surface area contributed by atoms with E-state index in [4.69, 9.17) is 5.73 Å². The fourth-order valence-electron chi connectivity index (χ4n) is 2.48. The second-order valence-electron chi connectivity index (χ2n) is 5.76. The maximum Gasteiger partial charge on any atom is 0.0603 e. The molecule has 0 radical (unpaired) electrons. The van der Waals surface area contributed by atoms with E-state index in [1.807, 2.05) is 13.8 Å². The number of hydrogen-bond donors (Lipinski definition) is 2. The fourth-order valence-corrected chi connectivity index (χ4v) is 2.48. The summed E-state index contributed by atoms with van der Waals surface area (Å²) >= 11 is 0. The third-order valence-electron chi connectivity index (χ3n) is 3.67. The van der Waals surface area contributed by atoms with Crippen molar-refractivity contribution in [3.8, 4) is 0 Å². The van der Waals surface area contributed by atoms with E-state index in [2.05, 4.69) is 11.8 Å². The van der Waals surface area contributed by atoms with Gasteiger partial charge in [0, 0.05) is 18.6 Å². The summed E-state index contributed by atoms with van der Waals surface area (Å²) in [7, 11) is 0. The summed E-state index contributed by atoms with van der Waals surface area (Å²) in [6.45, 7) is 8.06. The first-order valence-electron chi connectivity index (χ1n) is 6.64. The first-order valence-corrected chi connectivity index (χ1v) is 6.64. The van der Waals surface area contributed by atoms with Crippen molar-refractivity contribution in [3.63, 3.8) is 0 Å². The van der Waals surface area contributed by atoms with Crippen LogP contribution in [0.1, 0.15) is 52.9 Å². The van der Waals surface area contributed by atoms with Crippen LogP contribution in [0.25, 0.3) is 0 Å². The highest BCUT2D eigenvalue weighted by Crippen LogP contribution is 2.23. The van der Waals surface area contributed by atoms with Gasteiger partial charge in [-0.1, -0.05) is 6.92 Å². The molecule has 1 fully saturated rings. The zero-order chi connectivity index (χ0) is 12.2. The van der Waals surface area contributed by atoms with E-state index in [-0.39, 0.29) is 0 Å². The van der Waals surface area contributed by atoms with Crippen LogP contribution < -0.4 is 5.73 Å². The van der Waals surface area contributed by atoms with Crippen LogP contribution in [0.3, 0.4) is 0 Å². The molecule has 0 saturated heterocycles. The largest absolute Gasteiger partial charge is 0.390 e.